The van der Waals surface area contributed by atoms with E-state index in [-0.39, 0.29) is 0 Å². The molecule has 5 heteroatoms. The average Bonchev–Trinajstić information content (AvgIpc) is 3.00. The Balaban J connectivity index is 1.61. The smallest absolute Gasteiger partial charge is 0.138 e. The summed E-state index contributed by atoms with van der Waals surface area (Å²) in [5.41, 5.74) is 1.37. The van der Waals surface area contributed by atoms with Gasteiger partial charge in [-0.2, -0.15) is 0 Å². The van der Waals surface area contributed by atoms with Crippen molar-refractivity contribution in [1.82, 2.24) is 25.1 Å². The van der Waals surface area contributed by atoms with Crippen LogP contribution in [0.4, 0.5) is 0 Å². The van der Waals surface area contributed by atoms with Gasteiger partial charge in [-0.05, 0) is 22.4 Å². The largest absolute Gasteiger partial charge is 0.297 e. The van der Waals surface area contributed by atoms with E-state index in [9.17, 15) is 0 Å². The summed E-state index contributed by atoms with van der Waals surface area (Å²) in [5.74, 6) is 0. The topological polar surface area (TPSA) is 46.8 Å². The fourth-order valence-corrected chi connectivity index (χ4v) is 2.35. The molecule has 1 aromatic heterocycles. The lowest BCUT2D eigenvalue weighted by Crippen LogP contribution is -2.21. The Hall–Kier alpha value is -1.75. The Bertz CT molecular complexity index is 453. The fourth-order valence-electron chi connectivity index (χ4n) is 2.35. The molecular weight excluding hydrogens is 214 g/mol. The van der Waals surface area contributed by atoms with Gasteiger partial charge in [0.2, 0.25) is 0 Å². The van der Waals surface area contributed by atoms with E-state index in [0.29, 0.717) is 6.04 Å². The van der Waals surface area contributed by atoms with Gasteiger partial charge in [0.15, 0.2) is 0 Å². The minimum atomic E-state index is 0.425. The van der Waals surface area contributed by atoms with Gasteiger partial charge in [0.05, 0.1) is 6.04 Å². The van der Waals surface area contributed by atoms with Crippen molar-refractivity contribution in [2.24, 2.45) is 0 Å². The van der Waals surface area contributed by atoms with Gasteiger partial charge >= 0.3 is 0 Å². The SMILES string of the molecule is c1ccc(CN2CC[C@H](n3cnnn3)C2)cc1. The minimum absolute atomic E-state index is 0.425. The van der Waals surface area contributed by atoms with Crippen molar-refractivity contribution in [2.45, 2.75) is 19.0 Å². The maximum atomic E-state index is 3.97. The molecule has 0 aliphatic carbocycles. The molecule has 17 heavy (non-hydrogen) atoms. The van der Waals surface area contributed by atoms with Gasteiger partial charge in [0, 0.05) is 19.6 Å². The first-order chi connectivity index (χ1) is 8.42. The van der Waals surface area contributed by atoms with Crippen LogP contribution in [0.5, 0.6) is 0 Å². The number of nitrogens with zero attached hydrogens (tertiary/aromatic N) is 5. The molecule has 1 aliphatic rings. The Kier molecular flexibility index (Phi) is 2.83. The number of hydrogen-bond acceptors (Lipinski definition) is 4. The monoisotopic (exact) mass is 229 g/mol. The molecule has 1 saturated heterocycles. The summed E-state index contributed by atoms with van der Waals surface area (Å²) in [4.78, 5) is 2.45. The van der Waals surface area contributed by atoms with E-state index < -0.39 is 0 Å². The highest BCUT2D eigenvalue weighted by atomic mass is 15.5. The van der Waals surface area contributed by atoms with Crippen LogP contribution in [0.2, 0.25) is 0 Å². The highest BCUT2D eigenvalue weighted by molar-refractivity contribution is 5.14. The molecule has 5 nitrogen and oxygen atoms in total. The summed E-state index contributed by atoms with van der Waals surface area (Å²) in [6, 6.07) is 11.0. The first-order valence-electron chi connectivity index (χ1n) is 5.90. The van der Waals surface area contributed by atoms with Crippen molar-refractivity contribution in [3.05, 3.63) is 42.2 Å². The summed E-state index contributed by atoms with van der Waals surface area (Å²) in [6.45, 7) is 3.15. The van der Waals surface area contributed by atoms with Crippen LogP contribution in [-0.4, -0.2) is 38.2 Å². The van der Waals surface area contributed by atoms with Gasteiger partial charge in [-0.1, -0.05) is 30.3 Å². The molecule has 1 aliphatic heterocycles. The van der Waals surface area contributed by atoms with Crippen molar-refractivity contribution in [3.8, 4) is 0 Å². The van der Waals surface area contributed by atoms with Crippen molar-refractivity contribution >= 4 is 0 Å². The normalized spacial score (nSPS) is 20.8. The highest BCUT2D eigenvalue weighted by Gasteiger charge is 2.24. The van der Waals surface area contributed by atoms with E-state index in [1.54, 1.807) is 6.33 Å². The second kappa shape index (κ2) is 4.63. The molecule has 2 heterocycles. The Morgan fingerprint density at radius 2 is 2.12 bits per heavy atom. The van der Waals surface area contributed by atoms with E-state index in [1.807, 2.05) is 4.68 Å². The molecule has 1 aromatic carbocycles. The van der Waals surface area contributed by atoms with Crippen LogP contribution in [0.15, 0.2) is 36.7 Å². The zero-order valence-corrected chi connectivity index (χ0v) is 9.61. The summed E-state index contributed by atoms with van der Waals surface area (Å²) >= 11 is 0. The third-order valence-electron chi connectivity index (χ3n) is 3.24. The predicted molar refractivity (Wildman–Crippen MR) is 63.2 cm³/mol. The van der Waals surface area contributed by atoms with E-state index in [0.717, 1.165) is 26.1 Å². The first kappa shape index (κ1) is 10.4. The third-order valence-corrected chi connectivity index (χ3v) is 3.24. The summed E-state index contributed by atoms with van der Waals surface area (Å²) in [7, 11) is 0. The summed E-state index contributed by atoms with van der Waals surface area (Å²) in [5, 5.41) is 11.3. The number of tetrazole rings is 1. The Morgan fingerprint density at radius 3 is 2.88 bits per heavy atom. The van der Waals surface area contributed by atoms with Crippen LogP contribution in [0, 0.1) is 0 Å². The third kappa shape index (κ3) is 2.34. The molecule has 0 radical (unpaired) electrons. The molecule has 0 unspecified atom stereocenters. The standard InChI is InChI=1S/C12H15N5/c1-2-4-11(5-3-1)8-16-7-6-12(9-16)17-10-13-14-15-17/h1-5,10,12H,6-9H2/t12-/m0/s1. The molecule has 0 N–H and O–H groups in total. The zero-order valence-electron chi connectivity index (χ0n) is 9.61. The molecule has 88 valence electrons. The first-order valence-corrected chi connectivity index (χ1v) is 5.90. The zero-order chi connectivity index (χ0) is 11.5. The summed E-state index contributed by atoms with van der Waals surface area (Å²) < 4.78 is 1.87. The molecule has 0 amide bonds. The lowest BCUT2D eigenvalue weighted by Gasteiger charge is -2.15. The van der Waals surface area contributed by atoms with E-state index >= 15 is 0 Å². The molecule has 2 aromatic rings. The number of likely N-dealkylation sites (tertiary alicyclic amines) is 1. The molecule has 3 rings (SSSR count). The van der Waals surface area contributed by atoms with E-state index in [4.69, 9.17) is 0 Å². The maximum absolute atomic E-state index is 3.97. The number of rotatable bonds is 3. The predicted octanol–water partition coefficient (Wildman–Crippen LogP) is 1.12. The van der Waals surface area contributed by atoms with Gasteiger partial charge < -0.3 is 0 Å². The molecule has 1 atom stereocenters. The van der Waals surface area contributed by atoms with E-state index in [2.05, 4.69) is 50.8 Å². The van der Waals surface area contributed by atoms with Crippen LogP contribution >= 0.6 is 0 Å². The van der Waals surface area contributed by atoms with Crippen LogP contribution < -0.4 is 0 Å². The van der Waals surface area contributed by atoms with Crippen molar-refractivity contribution in [3.63, 3.8) is 0 Å². The fraction of sp³-hybridized carbons (Fsp3) is 0.417. The second-order valence-corrected chi connectivity index (χ2v) is 4.45. The van der Waals surface area contributed by atoms with Crippen LogP contribution in [-0.2, 0) is 6.54 Å². The minimum Gasteiger partial charge on any atom is -0.297 e. The summed E-state index contributed by atoms with van der Waals surface area (Å²) in [6.07, 6.45) is 2.83. The second-order valence-electron chi connectivity index (χ2n) is 4.45. The number of benzene rings is 1. The highest BCUT2D eigenvalue weighted by Crippen LogP contribution is 2.21. The molecule has 1 fully saturated rings. The van der Waals surface area contributed by atoms with E-state index in [1.165, 1.54) is 5.56 Å². The molecule has 0 bridgehead atoms. The van der Waals surface area contributed by atoms with Gasteiger partial charge in [-0.25, -0.2) is 4.68 Å². The lowest BCUT2D eigenvalue weighted by atomic mass is 10.2. The van der Waals surface area contributed by atoms with Crippen LogP contribution in [0.3, 0.4) is 0 Å². The van der Waals surface area contributed by atoms with Gasteiger partial charge in [-0.3, -0.25) is 4.90 Å². The Labute approximate surface area is 100 Å². The van der Waals surface area contributed by atoms with Crippen LogP contribution in [0.1, 0.15) is 18.0 Å². The van der Waals surface area contributed by atoms with Gasteiger partial charge in [0.25, 0.3) is 0 Å². The molecule has 0 saturated carbocycles. The van der Waals surface area contributed by atoms with Crippen molar-refractivity contribution in [1.29, 1.82) is 0 Å². The van der Waals surface area contributed by atoms with Gasteiger partial charge in [0.1, 0.15) is 6.33 Å². The maximum Gasteiger partial charge on any atom is 0.138 e. The molecule has 0 spiro atoms. The van der Waals surface area contributed by atoms with Crippen molar-refractivity contribution in [2.75, 3.05) is 13.1 Å². The lowest BCUT2D eigenvalue weighted by molar-refractivity contribution is 0.310. The van der Waals surface area contributed by atoms with Gasteiger partial charge in [-0.15, -0.1) is 5.10 Å². The van der Waals surface area contributed by atoms with Crippen LogP contribution in [0.25, 0.3) is 0 Å². The number of hydrogen-bond donors (Lipinski definition) is 0. The molecular formula is C12H15N5. The Morgan fingerprint density at radius 1 is 1.24 bits per heavy atom. The average molecular weight is 229 g/mol. The van der Waals surface area contributed by atoms with Crippen molar-refractivity contribution < 1.29 is 0 Å². The number of aromatic nitrogens is 4. The quantitative estimate of drug-likeness (QED) is 0.791.